The molecule has 0 aliphatic heterocycles. The van der Waals surface area contributed by atoms with Crippen molar-refractivity contribution in [1.82, 2.24) is 0 Å². The van der Waals surface area contributed by atoms with Crippen molar-refractivity contribution in [2.45, 2.75) is 44.9 Å². The number of carboxylic acid groups (broad SMARTS) is 1. The number of phenolic OH excluding ortho intramolecular Hbond substituents is 1. The van der Waals surface area contributed by atoms with Gasteiger partial charge in [-0.2, -0.15) is 0 Å². The van der Waals surface area contributed by atoms with Gasteiger partial charge in [-0.05, 0) is 77.2 Å². The van der Waals surface area contributed by atoms with Gasteiger partial charge in [-0.15, -0.1) is 0 Å². The van der Waals surface area contributed by atoms with Crippen molar-refractivity contribution in [3.8, 4) is 5.75 Å². The molecule has 0 saturated carbocycles. The number of carbonyl (C=O) groups is 1. The Hall–Kier alpha value is -1.03. The minimum Gasteiger partial charge on any atom is -0.506 e. The molecule has 1 aliphatic rings. The van der Waals surface area contributed by atoms with Gasteiger partial charge in [0.15, 0.2) is 0 Å². The van der Waals surface area contributed by atoms with Gasteiger partial charge in [0.2, 0.25) is 0 Å². The Labute approximate surface area is 115 Å². The molecule has 0 unspecified atom stereocenters. The molecule has 1 aromatic carbocycles. The van der Waals surface area contributed by atoms with Gasteiger partial charge < -0.3 is 10.2 Å². The van der Waals surface area contributed by atoms with E-state index in [0.717, 1.165) is 29.3 Å². The lowest BCUT2D eigenvalue weighted by Gasteiger charge is -2.21. The summed E-state index contributed by atoms with van der Waals surface area (Å²) in [6, 6.07) is 2.00. The first kappa shape index (κ1) is 13.4. The second-order valence-corrected chi connectivity index (χ2v) is 5.63. The Balaban J connectivity index is 2.26. The van der Waals surface area contributed by atoms with Crippen LogP contribution in [0.25, 0.3) is 0 Å². The van der Waals surface area contributed by atoms with E-state index in [0.29, 0.717) is 18.6 Å². The Bertz CT molecular complexity index is 469. The summed E-state index contributed by atoms with van der Waals surface area (Å²) in [5.41, 5.74) is 3.49. The van der Waals surface area contributed by atoms with Crippen LogP contribution in [-0.4, -0.2) is 16.2 Å². The summed E-state index contributed by atoms with van der Waals surface area (Å²) >= 11 is 3.38. The number of rotatable bonds is 4. The zero-order chi connectivity index (χ0) is 13.1. The maximum atomic E-state index is 10.6. The van der Waals surface area contributed by atoms with Crippen LogP contribution in [0.15, 0.2) is 10.5 Å². The zero-order valence-electron chi connectivity index (χ0n) is 10.2. The number of carboxylic acids is 1. The van der Waals surface area contributed by atoms with E-state index in [-0.39, 0.29) is 6.42 Å². The smallest absolute Gasteiger partial charge is 0.303 e. The third-order valence-corrected chi connectivity index (χ3v) is 4.11. The highest BCUT2D eigenvalue weighted by Crippen LogP contribution is 2.37. The molecule has 0 radical (unpaired) electrons. The molecule has 0 bridgehead atoms. The van der Waals surface area contributed by atoms with E-state index >= 15 is 0 Å². The van der Waals surface area contributed by atoms with Gasteiger partial charge in [0, 0.05) is 6.42 Å². The Morgan fingerprint density at radius 1 is 1.33 bits per heavy atom. The molecule has 0 fully saturated rings. The predicted octanol–water partition coefficient (Wildman–Crippen LogP) is 3.44. The minimum absolute atomic E-state index is 0.153. The predicted molar refractivity (Wildman–Crippen MR) is 73.0 cm³/mol. The molecule has 1 aromatic rings. The summed E-state index contributed by atoms with van der Waals surface area (Å²) in [6.07, 6.45) is 5.77. The van der Waals surface area contributed by atoms with Crippen molar-refractivity contribution in [3.63, 3.8) is 0 Å². The van der Waals surface area contributed by atoms with Gasteiger partial charge in [-0.3, -0.25) is 4.79 Å². The minimum atomic E-state index is -0.779. The number of hydrogen-bond donors (Lipinski definition) is 2. The Morgan fingerprint density at radius 3 is 2.78 bits per heavy atom. The molecule has 0 amide bonds. The molecule has 0 atom stereocenters. The van der Waals surface area contributed by atoms with Crippen LogP contribution in [0, 0.1) is 0 Å². The van der Waals surface area contributed by atoms with E-state index in [1.165, 1.54) is 17.5 Å². The normalized spacial score (nSPS) is 14.3. The summed E-state index contributed by atoms with van der Waals surface area (Å²) < 4.78 is 0.730. The Kier molecular flexibility index (Phi) is 4.27. The zero-order valence-corrected chi connectivity index (χ0v) is 11.8. The lowest BCUT2D eigenvalue weighted by Crippen LogP contribution is -2.08. The molecular formula is C14H17BrO3. The first-order valence-electron chi connectivity index (χ1n) is 6.33. The number of aromatic hydroxyl groups is 1. The van der Waals surface area contributed by atoms with Gasteiger partial charge in [-0.25, -0.2) is 0 Å². The molecule has 3 nitrogen and oxygen atoms in total. The molecule has 1 aliphatic carbocycles. The van der Waals surface area contributed by atoms with Crippen LogP contribution in [0.2, 0.25) is 0 Å². The van der Waals surface area contributed by atoms with Crippen LogP contribution in [0.4, 0.5) is 0 Å². The fourth-order valence-corrected chi connectivity index (χ4v) is 3.14. The molecule has 0 saturated heterocycles. The number of phenols is 1. The monoisotopic (exact) mass is 312 g/mol. The first-order valence-corrected chi connectivity index (χ1v) is 7.12. The lowest BCUT2D eigenvalue weighted by atomic mass is 9.86. The summed E-state index contributed by atoms with van der Waals surface area (Å²) in [4.78, 5) is 10.6. The van der Waals surface area contributed by atoms with E-state index in [1.807, 2.05) is 6.07 Å². The second-order valence-electron chi connectivity index (χ2n) is 4.78. The van der Waals surface area contributed by atoms with Crippen LogP contribution in [0.1, 0.15) is 42.4 Å². The second kappa shape index (κ2) is 5.74. The van der Waals surface area contributed by atoms with Crippen LogP contribution >= 0.6 is 15.9 Å². The molecule has 98 valence electrons. The first-order chi connectivity index (χ1) is 8.59. The highest BCUT2D eigenvalue weighted by Gasteiger charge is 2.18. The molecule has 2 rings (SSSR count). The van der Waals surface area contributed by atoms with Crippen LogP contribution in [-0.2, 0) is 24.1 Å². The average molecular weight is 313 g/mol. The number of aliphatic carboxylic acids is 1. The van der Waals surface area contributed by atoms with Crippen molar-refractivity contribution in [1.29, 1.82) is 0 Å². The number of benzene rings is 1. The molecule has 2 N–H and O–H groups in total. The number of aryl methyl sites for hydroxylation is 1. The van der Waals surface area contributed by atoms with Crippen LogP contribution in [0.5, 0.6) is 5.75 Å². The van der Waals surface area contributed by atoms with Gasteiger partial charge in [-0.1, -0.05) is 0 Å². The fourth-order valence-electron chi connectivity index (χ4n) is 2.63. The van der Waals surface area contributed by atoms with Crippen molar-refractivity contribution in [2.24, 2.45) is 0 Å². The van der Waals surface area contributed by atoms with Crippen LogP contribution in [0.3, 0.4) is 0 Å². The summed E-state index contributed by atoms with van der Waals surface area (Å²) in [6.45, 7) is 0. The van der Waals surface area contributed by atoms with Crippen molar-refractivity contribution in [3.05, 3.63) is 27.2 Å². The lowest BCUT2D eigenvalue weighted by molar-refractivity contribution is -0.137. The largest absolute Gasteiger partial charge is 0.506 e. The summed E-state index contributed by atoms with van der Waals surface area (Å²) in [5, 5.41) is 18.8. The molecule has 0 spiro atoms. The third-order valence-electron chi connectivity index (χ3n) is 3.51. The topological polar surface area (TPSA) is 57.5 Å². The summed E-state index contributed by atoms with van der Waals surface area (Å²) in [7, 11) is 0. The molecule has 0 aromatic heterocycles. The van der Waals surface area contributed by atoms with E-state index in [2.05, 4.69) is 15.9 Å². The maximum Gasteiger partial charge on any atom is 0.303 e. The van der Waals surface area contributed by atoms with E-state index < -0.39 is 5.97 Å². The van der Waals surface area contributed by atoms with Gasteiger partial charge in [0.05, 0.1) is 4.47 Å². The van der Waals surface area contributed by atoms with Crippen molar-refractivity contribution >= 4 is 21.9 Å². The van der Waals surface area contributed by atoms with Gasteiger partial charge in [0.25, 0.3) is 0 Å². The summed E-state index contributed by atoms with van der Waals surface area (Å²) in [5.74, 6) is -0.487. The number of fused-ring (bicyclic) bond motifs is 1. The molecule has 0 heterocycles. The maximum absolute atomic E-state index is 10.6. The third kappa shape index (κ3) is 2.86. The van der Waals surface area contributed by atoms with E-state index in [1.54, 1.807) is 0 Å². The van der Waals surface area contributed by atoms with Crippen molar-refractivity contribution in [2.75, 3.05) is 0 Å². The average Bonchev–Trinajstić information content (AvgIpc) is 2.33. The highest BCUT2D eigenvalue weighted by molar-refractivity contribution is 9.10. The molecule has 4 heteroatoms. The van der Waals surface area contributed by atoms with Gasteiger partial charge >= 0.3 is 5.97 Å². The Morgan fingerprint density at radius 2 is 2.06 bits per heavy atom. The SMILES string of the molecule is O=C(O)CCCc1c(O)c(Br)cc2c1CCCC2. The quantitative estimate of drug-likeness (QED) is 0.895. The van der Waals surface area contributed by atoms with Gasteiger partial charge in [0.1, 0.15) is 5.75 Å². The molecular weight excluding hydrogens is 296 g/mol. The van der Waals surface area contributed by atoms with E-state index in [4.69, 9.17) is 5.11 Å². The van der Waals surface area contributed by atoms with Crippen LogP contribution < -0.4 is 0 Å². The van der Waals surface area contributed by atoms with E-state index in [9.17, 15) is 9.90 Å². The standard InChI is InChI=1S/C14H17BrO3/c15-12-8-9-4-1-2-5-10(9)11(14(12)18)6-3-7-13(16)17/h8,18H,1-7H2,(H,16,17). The molecule has 18 heavy (non-hydrogen) atoms. The highest BCUT2D eigenvalue weighted by atomic mass is 79.9. The van der Waals surface area contributed by atoms with Crippen molar-refractivity contribution < 1.29 is 15.0 Å². The number of hydrogen-bond acceptors (Lipinski definition) is 2. The number of halogens is 1. The fraction of sp³-hybridized carbons (Fsp3) is 0.500.